The van der Waals surface area contributed by atoms with Crippen molar-refractivity contribution in [3.8, 4) is 0 Å². The summed E-state index contributed by atoms with van der Waals surface area (Å²) >= 11 is 0. The van der Waals surface area contributed by atoms with Crippen molar-refractivity contribution < 1.29 is 4.79 Å². The van der Waals surface area contributed by atoms with E-state index in [1.165, 1.54) is 6.07 Å². The molecule has 0 bridgehead atoms. The van der Waals surface area contributed by atoms with Crippen molar-refractivity contribution in [2.45, 2.75) is 31.7 Å². The number of aromatic nitrogens is 1. The van der Waals surface area contributed by atoms with Crippen LogP contribution < -0.4 is 10.9 Å². The maximum atomic E-state index is 11.7. The number of carbonyl (C=O) groups is 1. The molecular weight excluding hydrogens is 192 g/mol. The smallest absolute Gasteiger partial charge is 0.268 e. The van der Waals surface area contributed by atoms with E-state index in [0.717, 1.165) is 19.3 Å². The van der Waals surface area contributed by atoms with Crippen LogP contribution in [0.2, 0.25) is 0 Å². The van der Waals surface area contributed by atoms with Crippen LogP contribution in [0.1, 0.15) is 36.7 Å². The van der Waals surface area contributed by atoms with Crippen LogP contribution in [-0.4, -0.2) is 16.4 Å². The summed E-state index contributed by atoms with van der Waals surface area (Å²) in [5.41, 5.74) is 0.00104. The van der Waals surface area contributed by atoms with Gasteiger partial charge in [-0.25, -0.2) is 0 Å². The Labute approximate surface area is 87.7 Å². The van der Waals surface area contributed by atoms with E-state index < -0.39 is 0 Å². The Hall–Kier alpha value is -1.58. The summed E-state index contributed by atoms with van der Waals surface area (Å²) in [5, 5.41) is 2.93. The zero-order valence-electron chi connectivity index (χ0n) is 8.67. The van der Waals surface area contributed by atoms with Crippen molar-refractivity contribution in [3.63, 3.8) is 0 Å². The summed E-state index contributed by atoms with van der Waals surface area (Å²) in [6.45, 7) is 2.02. The molecule has 1 amide bonds. The van der Waals surface area contributed by atoms with Gasteiger partial charge in [0.15, 0.2) is 0 Å². The van der Waals surface area contributed by atoms with Crippen molar-refractivity contribution >= 4 is 5.91 Å². The van der Waals surface area contributed by atoms with Crippen molar-refractivity contribution in [1.82, 2.24) is 10.3 Å². The fraction of sp³-hybridized carbons (Fsp3) is 0.455. The minimum Gasteiger partial charge on any atom is -0.346 e. The predicted molar refractivity (Wildman–Crippen MR) is 56.8 cm³/mol. The summed E-state index contributed by atoms with van der Waals surface area (Å²) < 4.78 is 0. The van der Waals surface area contributed by atoms with Gasteiger partial charge in [-0.15, -0.1) is 0 Å². The molecule has 1 saturated carbocycles. The number of hydrogen-bond acceptors (Lipinski definition) is 2. The van der Waals surface area contributed by atoms with E-state index in [1.807, 2.05) is 6.92 Å². The van der Waals surface area contributed by atoms with Crippen molar-refractivity contribution in [3.05, 3.63) is 34.2 Å². The van der Waals surface area contributed by atoms with Crippen LogP contribution in [0.3, 0.4) is 0 Å². The zero-order valence-corrected chi connectivity index (χ0v) is 8.67. The van der Waals surface area contributed by atoms with Crippen molar-refractivity contribution in [2.24, 2.45) is 0 Å². The number of pyridine rings is 1. The number of aromatic amines is 1. The second-order valence-electron chi connectivity index (χ2n) is 4.30. The lowest BCUT2D eigenvalue weighted by molar-refractivity contribution is 0.0845. The van der Waals surface area contributed by atoms with Crippen LogP contribution in [-0.2, 0) is 0 Å². The van der Waals surface area contributed by atoms with Gasteiger partial charge in [-0.05, 0) is 32.3 Å². The fourth-order valence-corrected chi connectivity index (χ4v) is 1.75. The Bertz CT molecular complexity index is 432. The monoisotopic (exact) mass is 206 g/mol. The highest BCUT2D eigenvalue weighted by molar-refractivity contribution is 5.92. The molecule has 0 spiro atoms. The molecule has 0 unspecified atom stereocenters. The van der Waals surface area contributed by atoms with Crippen molar-refractivity contribution in [1.29, 1.82) is 0 Å². The van der Waals surface area contributed by atoms with Gasteiger partial charge in [0.25, 0.3) is 5.91 Å². The van der Waals surface area contributed by atoms with Gasteiger partial charge in [-0.2, -0.15) is 0 Å². The van der Waals surface area contributed by atoms with Crippen LogP contribution in [0.5, 0.6) is 0 Å². The first-order valence-corrected chi connectivity index (χ1v) is 5.11. The summed E-state index contributed by atoms with van der Waals surface area (Å²) in [6, 6.07) is 4.58. The highest BCUT2D eigenvalue weighted by Crippen LogP contribution is 2.30. The van der Waals surface area contributed by atoms with Gasteiger partial charge in [0.1, 0.15) is 5.69 Å². The highest BCUT2D eigenvalue weighted by atomic mass is 16.2. The lowest BCUT2D eigenvalue weighted by Gasteiger charge is -2.39. The minimum absolute atomic E-state index is 0.0796. The normalized spacial score (nSPS) is 17.9. The average Bonchev–Trinajstić information content (AvgIpc) is 2.15. The number of carbonyl (C=O) groups excluding carboxylic acids is 1. The zero-order chi connectivity index (χ0) is 10.9. The maximum Gasteiger partial charge on any atom is 0.268 e. The first-order chi connectivity index (χ1) is 7.09. The van der Waals surface area contributed by atoms with E-state index in [-0.39, 0.29) is 17.0 Å². The molecule has 4 nitrogen and oxygen atoms in total. The second-order valence-corrected chi connectivity index (χ2v) is 4.30. The minimum atomic E-state index is -0.249. The van der Waals surface area contributed by atoms with Crippen molar-refractivity contribution in [2.75, 3.05) is 0 Å². The van der Waals surface area contributed by atoms with E-state index in [0.29, 0.717) is 5.69 Å². The van der Waals surface area contributed by atoms with Gasteiger partial charge in [-0.3, -0.25) is 9.59 Å². The quantitative estimate of drug-likeness (QED) is 0.759. The van der Waals surface area contributed by atoms with Gasteiger partial charge >= 0.3 is 0 Å². The number of nitrogens with one attached hydrogen (secondary N) is 2. The third-order valence-electron chi connectivity index (χ3n) is 2.89. The number of amides is 1. The van der Waals surface area contributed by atoms with E-state index in [2.05, 4.69) is 10.3 Å². The lowest BCUT2D eigenvalue weighted by atomic mass is 9.78. The summed E-state index contributed by atoms with van der Waals surface area (Å²) in [4.78, 5) is 25.2. The topological polar surface area (TPSA) is 62.0 Å². The fourth-order valence-electron chi connectivity index (χ4n) is 1.75. The highest BCUT2D eigenvalue weighted by Gasteiger charge is 2.33. The molecule has 1 aromatic heterocycles. The van der Waals surface area contributed by atoms with E-state index in [9.17, 15) is 9.59 Å². The standard InChI is InChI=1S/C11H14N2O2/c1-11(6-3-7-11)13-10(15)8-4-2-5-9(14)12-8/h2,4-5H,3,6-7H2,1H3,(H,12,14)(H,13,15). The van der Waals surface area contributed by atoms with Crippen LogP contribution in [0.4, 0.5) is 0 Å². The van der Waals surface area contributed by atoms with Crippen LogP contribution in [0.25, 0.3) is 0 Å². The first kappa shape index (κ1) is 9.96. The molecular formula is C11H14N2O2. The lowest BCUT2D eigenvalue weighted by Crippen LogP contribution is -2.51. The molecule has 15 heavy (non-hydrogen) atoms. The third-order valence-corrected chi connectivity index (χ3v) is 2.89. The summed E-state index contributed by atoms with van der Waals surface area (Å²) in [6.07, 6.45) is 3.17. The molecule has 0 atom stereocenters. The molecule has 1 aliphatic carbocycles. The molecule has 2 N–H and O–H groups in total. The van der Waals surface area contributed by atoms with Gasteiger partial charge in [0.05, 0.1) is 0 Å². The van der Waals surface area contributed by atoms with Gasteiger partial charge in [-0.1, -0.05) is 6.07 Å². The maximum absolute atomic E-state index is 11.7. The SMILES string of the molecule is CC1(NC(=O)c2cccc(=O)[nH]2)CCC1. The molecule has 80 valence electrons. The van der Waals surface area contributed by atoms with E-state index in [4.69, 9.17) is 0 Å². The number of hydrogen-bond donors (Lipinski definition) is 2. The van der Waals surface area contributed by atoms with Gasteiger partial charge in [0, 0.05) is 11.6 Å². The third kappa shape index (κ3) is 2.09. The first-order valence-electron chi connectivity index (χ1n) is 5.11. The molecule has 2 rings (SSSR count). The summed E-state index contributed by atoms with van der Waals surface area (Å²) in [7, 11) is 0. The Morgan fingerprint density at radius 2 is 2.20 bits per heavy atom. The summed E-state index contributed by atoms with van der Waals surface area (Å²) in [5.74, 6) is -0.199. The van der Waals surface area contributed by atoms with Crippen LogP contribution in [0.15, 0.2) is 23.0 Å². The average molecular weight is 206 g/mol. The Kier molecular flexibility index (Phi) is 2.34. The largest absolute Gasteiger partial charge is 0.346 e. The number of H-pyrrole nitrogens is 1. The molecule has 0 aromatic carbocycles. The molecule has 4 heteroatoms. The molecule has 0 aliphatic heterocycles. The number of rotatable bonds is 2. The second kappa shape index (κ2) is 3.53. The van der Waals surface area contributed by atoms with Gasteiger partial charge < -0.3 is 10.3 Å². The van der Waals surface area contributed by atoms with Crippen LogP contribution >= 0.6 is 0 Å². The molecule has 1 aliphatic rings. The van der Waals surface area contributed by atoms with E-state index in [1.54, 1.807) is 12.1 Å². The Balaban J connectivity index is 2.11. The Morgan fingerprint density at radius 3 is 2.73 bits per heavy atom. The molecule has 1 heterocycles. The van der Waals surface area contributed by atoms with E-state index >= 15 is 0 Å². The molecule has 1 aromatic rings. The Morgan fingerprint density at radius 1 is 1.47 bits per heavy atom. The van der Waals surface area contributed by atoms with Gasteiger partial charge in [0.2, 0.25) is 5.56 Å². The molecule has 0 radical (unpaired) electrons. The predicted octanol–water partition coefficient (Wildman–Crippen LogP) is 1.05. The van der Waals surface area contributed by atoms with Crippen LogP contribution in [0, 0.1) is 0 Å². The molecule has 0 saturated heterocycles. The molecule has 1 fully saturated rings.